The first kappa shape index (κ1) is 13.3. The first-order valence-electron chi connectivity index (χ1n) is 3.53. The Bertz CT molecular complexity index is 109. The lowest BCUT2D eigenvalue weighted by molar-refractivity contribution is -0.140. The van der Waals surface area contributed by atoms with Gasteiger partial charge < -0.3 is 10.5 Å². The molecule has 4 heteroatoms. The van der Waals surface area contributed by atoms with E-state index in [0.29, 0.717) is 6.42 Å². The van der Waals surface area contributed by atoms with Gasteiger partial charge in [0.15, 0.2) is 0 Å². The molecule has 0 saturated heterocycles. The molecule has 0 aliphatic carbocycles. The van der Waals surface area contributed by atoms with Crippen LogP contribution in [0.25, 0.3) is 0 Å². The van der Waals surface area contributed by atoms with Gasteiger partial charge in [0.25, 0.3) is 0 Å². The number of methoxy groups -OCH3 is 1. The van der Waals surface area contributed by atoms with Crippen molar-refractivity contribution in [3.05, 3.63) is 0 Å². The molecular weight excluding hydrogens is 166 g/mol. The maximum atomic E-state index is 10.6. The van der Waals surface area contributed by atoms with Crippen LogP contribution in [0.15, 0.2) is 0 Å². The Morgan fingerprint density at radius 1 is 1.64 bits per heavy atom. The molecule has 0 aliphatic heterocycles. The number of hydrogen-bond acceptors (Lipinski definition) is 3. The minimum Gasteiger partial charge on any atom is -0.469 e. The van der Waals surface area contributed by atoms with Crippen LogP contribution in [0.3, 0.4) is 0 Å². The molecule has 1 atom stereocenters. The van der Waals surface area contributed by atoms with E-state index >= 15 is 0 Å². The summed E-state index contributed by atoms with van der Waals surface area (Å²) in [5.74, 6) is -0.177. The maximum absolute atomic E-state index is 10.6. The summed E-state index contributed by atoms with van der Waals surface area (Å²) in [6.45, 7) is 2.00. The van der Waals surface area contributed by atoms with Gasteiger partial charge in [0, 0.05) is 12.5 Å². The molecule has 0 amide bonds. The summed E-state index contributed by atoms with van der Waals surface area (Å²) in [5.41, 5.74) is 5.57. The zero-order chi connectivity index (χ0) is 7.98. The Hall–Kier alpha value is -0.280. The summed E-state index contributed by atoms with van der Waals surface area (Å²) in [7, 11) is 1.39. The largest absolute Gasteiger partial charge is 0.469 e. The van der Waals surface area contributed by atoms with Crippen molar-refractivity contribution in [1.29, 1.82) is 0 Å². The molecule has 1 unspecified atom stereocenters. The van der Waals surface area contributed by atoms with E-state index in [0.717, 1.165) is 12.8 Å². The van der Waals surface area contributed by atoms with E-state index in [1.165, 1.54) is 7.11 Å². The van der Waals surface area contributed by atoms with Crippen LogP contribution in [0.2, 0.25) is 0 Å². The third-order valence-corrected chi connectivity index (χ3v) is 1.47. The van der Waals surface area contributed by atoms with Crippen LogP contribution in [0.4, 0.5) is 0 Å². The lowest BCUT2D eigenvalue weighted by Crippen LogP contribution is -2.19. The number of carbonyl (C=O) groups excluding carboxylic acids is 1. The van der Waals surface area contributed by atoms with Crippen LogP contribution in [-0.2, 0) is 9.53 Å². The molecule has 11 heavy (non-hydrogen) atoms. The van der Waals surface area contributed by atoms with Crippen molar-refractivity contribution in [1.82, 2.24) is 0 Å². The Kier molecular flexibility index (Phi) is 9.47. The summed E-state index contributed by atoms with van der Waals surface area (Å²) >= 11 is 0. The SMILES string of the molecule is CCC(N)CCC(=O)OC.Cl. The van der Waals surface area contributed by atoms with Crippen molar-refractivity contribution < 1.29 is 9.53 Å². The van der Waals surface area contributed by atoms with Gasteiger partial charge in [0.1, 0.15) is 0 Å². The van der Waals surface area contributed by atoms with Crippen molar-refractivity contribution in [2.24, 2.45) is 5.73 Å². The molecule has 0 aliphatic rings. The lowest BCUT2D eigenvalue weighted by atomic mass is 10.1. The molecule has 0 bridgehead atoms. The normalized spacial score (nSPS) is 11.5. The highest BCUT2D eigenvalue weighted by molar-refractivity contribution is 5.85. The van der Waals surface area contributed by atoms with Gasteiger partial charge in [-0.2, -0.15) is 0 Å². The highest BCUT2D eigenvalue weighted by Crippen LogP contribution is 1.98. The van der Waals surface area contributed by atoms with E-state index in [4.69, 9.17) is 5.73 Å². The lowest BCUT2D eigenvalue weighted by Gasteiger charge is -2.05. The third kappa shape index (κ3) is 7.62. The molecule has 0 aromatic carbocycles. The van der Waals surface area contributed by atoms with Gasteiger partial charge in [-0.25, -0.2) is 0 Å². The van der Waals surface area contributed by atoms with E-state index in [2.05, 4.69) is 4.74 Å². The second-order valence-electron chi connectivity index (χ2n) is 2.28. The molecule has 2 N–H and O–H groups in total. The van der Waals surface area contributed by atoms with Crippen molar-refractivity contribution in [2.45, 2.75) is 32.2 Å². The van der Waals surface area contributed by atoms with Crippen molar-refractivity contribution in [3.8, 4) is 0 Å². The molecule has 0 heterocycles. The van der Waals surface area contributed by atoms with Gasteiger partial charge in [-0.05, 0) is 12.8 Å². The van der Waals surface area contributed by atoms with Gasteiger partial charge in [-0.3, -0.25) is 4.79 Å². The van der Waals surface area contributed by atoms with E-state index in [1.807, 2.05) is 6.92 Å². The molecule has 0 aromatic heterocycles. The van der Waals surface area contributed by atoms with Gasteiger partial charge >= 0.3 is 5.97 Å². The predicted octanol–water partition coefficient (Wildman–Crippen LogP) is 1.10. The van der Waals surface area contributed by atoms with Gasteiger partial charge in [-0.15, -0.1) is 12.4 Å². The van der Waals surface area contributed by atoms with Crippen LogP contribution < -0.4 is 5.73 Å². The third-order valence-electron chi connectivity index (χ3n) is 1.47. The van der Waals surface area contributed by atoms with Gasteiger partial charge in [0.2, 0.25) is 0 Å². The molecule has 0 saturated carbocycles. The number of esters is 1. The van der Waals surface area contributed by atoms with Crippen LogP contribution in [0.1, 0.15) is 26.2 Å². The number of ether oxygens (including phenoxy) is 1. The van der Waals surface area contributed by atoms with Crippen molar-refractivity contribution in [2.75, 3.05) is 7.11 Å². The Morgan fingerprint density at radius 2 is 2.18 bits per heavy atom. The van der Waals surface area contributed by atoms with Crippen LogP contribution >= 0.6 is 12.4 Å². The number of hydrogen-bond donors (Lipinski definition) is 1. The minimum atomic E-state index is -0.177. The number of halogens is 1. The standard InChI is InChI=1S/C7H15NO2.ClH/c1-3-6(8)4-5-7(9)10-2;/h6H,3-5,8H2,1-2H3;1H. The quantitative estimate of drug-likeness (QED) is 0.661. The van der Waals surface area contributed by atoms with Gasteiger partial charge in [0.05, 0.1) is 7.11 Å². The monoisotopic (exact) mass is 181 g/mol. The average molecular weight is 182 g/mol. The summed E-state index contributed by atoms with van der Waals surface area (Å²) < 4.78 is 4.45. The summed E-state index contributed by atoms with van der Waals surface area (Å²) in [4.78, 5) is 10.6. The number of carbonyl (C=O) groups is 1. The summed E-state index contributed by atoms with van der Waals surface area (Å²) in [5, 5.41) is 0. The fourth-order valence-electron chi connectivity index (χ4n) is 0.609. The molecule has 0 fully saturated rings. The molecule has 68 valence electrons. The minimum absolute atomic E-state index is 0. The van der Waals surface area contributed by atoms with Crippen LogP contribution in [0, 0.1) is 0 Å². The summed E-state index contributed by atoms with van der Waals surface area (Å²) in [6.07, 6.45) is 2.08. The number of rotatable bonds is 4. The fraction of sp³-hybridized carbons (Fsp3) is 0.857. The zero-order valence-electron chi connectivity index (χ0n) is 7.00. The first-order chi connectivity index (χ1) is 4.70. The highest BCUT2D eigenvalue weighted by atomic mass is 35.5. The smallest absolute Gasteiger partial charge is 0.305 e. The Labute approximate surface area is 73.7 Å². The van der Waals surface area contributed by atoms with Crippen molar-refractivity contribution in [3.63, 3.8) is 0 Å². The topological polar surface area (TPSA) is 52.3 Å². The number of nitrogens with two attached hydrogens (primary N) is 1. The Balaban J connectivity index is 0. The zero-order valence-corrected chi connectivity index (χ0v) is 7.82. The Morgan fingerprint density at radius 3 is 2.55 bits per heavy atom. The molecule has 0 aromatic rings. The summed E-state index contributed by atoms with van der Waals surface area (Å²) in [6, 6.07) is 0.138. The van der Waals surface area contributed by atoms with Gasteiger partial charge in [-0.1, -0.05) is 6.92 Å². The van der Waals surface area contributed by atoms with Crippen LogP contribution in [-0.4, -0.2) is 19.1 Å². The van der Waals surface area contributed by atoms with E-state index < -0.39 is 0 Å². The predicted molar refractivity (Wildman–Crippen MR) is 46.8 cm³/mol. The van der Waals surface area contributed by atoms with E-state index in [-0.39, 0.29) is 24.4 Å². The fourth-order valence-corrected chi connectivity index (χ4v) is 0.609. The molecular formula is C7H16ClNO2. The maximum Gasteiger partial charge on any atom is 0.305 e. The van der Waals surface area contributed by atoms with Crippen molar-refractivity contribution >= 4 is 18.4 Å². The second-order valence-corrected chi connectivity index (χ2v) is 2.28. The van der Waals surface area contributed by atoms with Crippen LogP contribution in [0.5, 0.6) is 0 Å². The molecule has 0 spiro atoms. The second kappa shape index (κ2) is 7.82. The van der Waals surface area contributed by atoms with E-state index in [1.54, 1.807) is 0 Å². The molecule has 3 nitrogen and oxygen atoms in total. The highest BCUT2D eigenvalue weighted by Gasteiger charge is 2.03. The first-order valence-corrected chi connectivity index (χ1v) is 3.53. The molecule has 0 radical (unpaired) electrons. The molecule has 0 rings (SSSR count). The average Bonchev–Trinajstić information content (AvgIpc) is 1.99. The van der Waals surface area contributed by atoms with E-state index in [9.17, 15) is 4.79 Å².